The van der Waals surface area contributed by atoms with Gasteiger partial charge in [-0.1, -0.05) is 30.3 Å². The number of hydrogen-bond acceptors (Lipinski definition) is 6. The highest BCUT2D eigenvalue weighted by Crippen LogP contribution is 2.36. The number of aryl methyl sites for hydroxylation is 1. The number of benzene rings is 2. The van der Waals surface area contributed by atoms with Gasteiger partial charge in [0.2, 0.25) is 0 Å². The maximum Gasteiger partial charge on any atom is 0.318 e. The van der Waals surface area contributed by atoms with E-state index in [1.54, 1.807) is 17.0 Å². The van der Waals surface area contributed by atoms with Gasteiger partial charge in [-0.05, 0) is 83.1 Å². The molecule has 9 heteroatoms. The van der Waals surface area contributed by atoms with Crippen LogP contribution in [0.2, 0.25) is 0 Å². The number of ketones is 1. The van der Waals surface area contributed by atoms with E-state index in [-0.39, 0.29) is 18.2 Å². The molecule has 2 amide bonds. The summed E-state index contributed by atoms with van der Waals surface area (Å²) in [5.41, 5.74) is 1.50. The number of carbonyl (C=O) groups excluding carboxylic acids is 2. The fourth-order valence-electron chi connectivity index (χ4n) is 5.34. The minimum atomic E-state index is -0.961. The van der Waals surface area contributed by atoms with Crippen molar-refractivity contribution in [1.29, 1.82) is 0 Å². The lowest BCUT2D eigenvalue weighted by atomic mass is 9.86. The lowest BCUT2D eigenvalue weighted by Gasteiger charge is -2.40. The third kappa shape index (κ3) is 8.95. The van der Waals surface area contributed by atoms with Gasteiger partial charge in [-0.3, -0.25) is 9.59 Å². The van der Waals surface area contributed by atoms with Crippen LogP contribution >= 0.6 is 0 Å². The maximum absolute atomic E-state index is 13.9. The van der Waals surface area contributed by atoms with E-state index in [2.05, 4.69) is 17.4 Å². The highest BCUT2D eigenvalue weighted by Gasteiger charge is 2.38. The van der Waals surface area contributed by atoms with Gasteiger partial charge in [0, 0.05) is 19.8 Å². The molecule has 1 aliphatic heterocycles. The molecule has 2 aromatic carbocycles. The molecular weight excluding hydrogens is 524 g/mol. The van der Waals surface area contributed by atoms with Crippen LogP contribution in [0.25, 0.3) is 0 Å². The molecule has 0 aromatic heterocycles. The quantitative estimate of drug-likeness (QED) is 0.206. The highest BCUT2D eigenvalue weighted by molar-refractivity contribution is 5.99. The Morgan fingerprint density at radius 3 is 2.17 bits per heavy atom. The largest absolute Gasteiger partial charge is 0.493 e. The third-order valence-electron chi connectivity index (χ3n) is 7.52. The van der Waals surface area contributed by atoms with Crippen molar-refractivity contribution in [1.82, 2.24) is 10.2 Å². The number of carboxylic acids is 1. The summed E-state index contributed by atoms with van der Waals surface area (Å²) >= 11 is 0. The summed E-state index contributed by atoms with van der Waals surface area (Å²) < 4.78 is 17.2. The van der Waals surface area contributed by atoms with Crippen LogP contribution in [-0.2, 0) is 16.0 Å². The summed E-state index contributed by atoms with van der Waals surface area (Å²) in [6.45, 7) is 9.09. The Bertz CT molecular complexity index is 1130. The maximum atomic E-state index is 13.9. The van der Waals surface area contributed by atoms with E-state index < -0.39 is 17.6 Å². The molecule has 1 fully saturated rings. The molecule has 0 aliphatic carbocycles. The van der Waals surface area contributed by atoms with Crippen molar-refractivity contribution in [2.24, 2.45) is 0 Å². The zero-order valence-electron chi connectivity index (χ0n) is 24.7. The molecule has 224 valence electrons. The molecule has 0 spiro atoms. The molecule has 0 radical (unpaired) electrons. The van der Waals surface area contributed by atoms with E-state index in [0.717, 1.165) is 24.8 Å². The molecular formula is C32H44N2O7. The smallest absolute Gasteiger partial charge is 0.318 e. The standard InChI is InChI=1S/C32H44N2O7/c1-5-40-27-20-26(21-28(41-6-2)30(27)24(4)35)23(3)34(17-11-10-14-25-12-8-7-9-13-25)31(38)33-32(22-29(36)37)15-18-39-19-16-32/h7-9,12-13,20-21,23H,5-6,10-11,14-19,22H2,1-4H3,(H,33,38)(H,36,37)/t23-/m1/s1. The van der Waals surface area contributed by atoms with Crippen LogP contribution in [0.5, 0.6) is 11.5 Å². The number of aliphatic carboxylic acids is 1. The first-order chi connectivity index (χ1) is 19.7. The molecule has 0 bridgehead atoms. The van der Waals surface area contributed by atoms with Gasteiger partial charge < -0.3 is 29.5 Å². The topological polar surface area (TPSA) is 114 Å². The number of rotatable bonds is 15. The van der Waals surface area contributed by atoms with Crippen molar-refractivity contribution in [2.45, 2.75) is 77.8 Å². The predicted octanol–water partition coefficient (Wildman–Crippen LogP) is 5.81. The lowest BCUT2D eigenvalue weighted by molar-refractivity contribution is -0.139. The lowest BCUT2D eigenvalue weighted by Crippen LogP contribution is -2.57. The van der Waals surface area contributed by atoms with Crippen molar-refractivity contribution in [3.05, 3.63) is 59.2 Å². The highest BCUT2D eigenvalue weighted by atomic mass is 16.5. The first-order valence-electron chi connectivity index (χ1n) is 14.6. The molecule has 9 nitrogen and oxygen atoms in total. The van der Waals surface area contributed by atoms with Gasteiger partial charge in [0.25, 0.3) is 0 Å². The summed E-state index contributed by atoms with van der Waals surface area (Å²) in [5, 5.41) is 12.7. The summed E-state index contributed by atoms with van der Waals surface area (Å²) in [4.78, 5) is 39.9. The zero-order chi connectivity index (χ0) is 29.8. The van der Waals surface area contributed by atoms with E-state index >= 15 is 0 Å². The molecule has 1 aliphatic rings. The Labute approximate surface area is 243 Å². The van der Waals surface area contributed by atoms with Crippen LogP contribution in [0, 0.1) is 0 Å². The Balaban J connectivity index is 1.92. The van der Waals surface area contributed by atoms with Crippen molar-refractivity contribution < 1.29 is 33.7 Å². The van der Waals surface area contributed by atoms with E-state index in [1.807, 2.05) is 39.0 Å². The SMILES string of the molecule is CCOc1cc([C@@H](C)N(CCCCc2ccccc2)C(=O)NC2(CC(=O)O)CCOCC2)cc(OCC)c1C(C)=O. The number of urea groups is 1. The number of amides is 2. The van der Waals surface area contributed by atoms with Crippen LogP contribution in [0.3, 0.4) is 0 Å². The van der Waals surface area contributed by atoms with Crippen molar-refractivity contribution in [3.63, 3.8) is 0 Å². The Kier molecular flexibility index (Phi) is 12.0. The fraction of sp³-hybridized carbons (Fsp3) is 0.531. The van der Waals surface area contributed by atoms with Gasteiger partial charge in [0.05, 0.1) is 31.2 Å². The second kappa shape index (κ2) is 15.4. The normalized spacial score (nSPS) is 15.0. The summed E-state index contributed by atoms with van der Waals surface area (Å²) in [5.74, 6) is -0.285. The van der Waals surface area contributed by atoms with Gasteiger partial charge in [0.1, 0.15) is 17.1 Å². The van der Waals surface area contributed by atoms with E-state index in [4.69, 9.17) is 14.2 Å². The number of hydrogen-bond donors (Lipinski definition) is 2. The molecule has 2 aromatic rings. The zero-order valence-corrected chi connectivity index (χ0v) is 24.7. The molecule has 1 atom stereocenters. The first kappa shape index (κ1) is 31.9. The van der Waals surface area contributed by atoms with Crippen LogP contribution < -0.4 is 14.8 Å². The van der Waals surface area contributed by atoms with Gasteiger partial charge in [-0.2, -0.15) is 0 Å². The number of unbranched alkanes of at least 4 members (excludes halogenated alkanes) is 1. The number of carbonyl (C=O) groups is 3. The summed E-state index contributed by atoms with van der Waals surface area (Å²) in [7, 11) is 0. The van der Waals surface area contributed by atoms with E-state index in [1.165, 1.54) is 12.5 Å². The molecule has 2 N–H and O–H groups in total. The van der Waals surface area contributed by atoms with Crippen molar-refractivity contribution in [3.8, 4) is 11.5 Å². The minimum absolute atomic E-state index is 0.165. The Morgan fingerprint density at radius 2 is 1.63 bits per heavy atom. The van der Waals surface area contributed by atoms with Crippen molar-refractivity contribution in [2.75, 3.05) is 33.0 Å². The second-order valence-electron chi connectivity index (χ2n) is 10.5. The summed E-state index contributed by atoms with van der Waals surface area (Å²) in [6, 6.07) is 13.1. The number of carboxylic acid groups (broad SMARTS) is 1. The fourth-order valence-corrected chi connectivity index (χ4v) is 5.34. The van der Waals surface area contributed by atoms with Crippen LogP contribution in [-0.4, -0.2) is 66.3 Å². The molecule has 0 saturated carbocycles. The monoisotopic (exact) mass is 568 g/mol. The number of nitrogens with one attached hydrogen (secondary N) is 1. The van der Waals surface area contributed by atoms with Crippen LogP contribution in [0.4, 0.5) is 4.79 Å². The van der Waals surface area contributed by atoms with E-state index in [0.29, 0.717) is 62.9 Å². The number of nitrogens with zero attached hydrogens (tertiary/aromatic N) is 1. The second-order valence-corrected chi connectivity index (χ2v) is 10.5. The van der Waals surface area contributed by atoms with E-state index in [9.17, 15) is 19.5 Å². The van der Waals surface area contributed by atoms with Gasteiger partial charge in [-0.15, -0.1) is 0 Å². The Morgan fingerprint density at radius 1 is 1.02 bits per heavy atom. The van der Waals surface area contributed by atoms with Crippen LogP contribution in [0.1, 0.15) is 87.3 Å². The molecule has 1 heterocycles. The predicted molar refractivity (Wildman–Crippen MR) is 157 cm³/mol. The minimum Gasteiger partial charge on any atom is -0.493 e. The van der Waals surface area contributed by atoms with Crippen molar-refractivity contribution >= 4 is 17.8 Å². The summed E-state index contributed by atoms with van der Waals surface area (Å²) in [6.07, 6.45) is 3.21. The third-order valence-corrected chi connectivity index (χ3v) is 7.52. The number of ether oxygens (including phenoxy) is 3. The Hall–Kier alpha value is -3.59. The number of Topliss-reactive ketones (excluding diaryl/α,β-unsaturated/α-hetero) is 1. The van der Waals surface area contributed by atoms with Gasteiger partial charge in [-0.25, -0.2) is 4.79 Å². The average Bonchev–Trinajstić information content (AvgIpc) is 2.93. The van der Waals surface area contributed by atoms with Gasteiger partial charge >= 0.3 is 12.0 Å². The molecule has 1 saturated heterocycles. The van der Waals surface area contributed by atoms with Gasteiger partial charge in [0.15, 0.2) is 5.78 Å². The first-order valence-corrected chi connectivity index (χ1v) is 14.6. The molecule has 0 unspecified atom stereocenters. The molecule has 3 rings (SSSR count). The van der Waals surface area contributed by atoms with Crippen LogP contribution in [0.15, 0.2) is 42.5 Å². The molecule has 41 heavy (non-hydrogen) atoms. The average molecular weight is 569 g/mol.